The lowest BCUT2D eigenvalue weighted by Crippen LogP contribution is -2.32. The molecular formula is C13H17N3OS. The van der Waals surface area contributed by atoms with Crippen LogP contribution < -0.4 is 10.6 Å². The third-order valence-electron chi connectivity index (χ3n) is 3.38. The molecule has 1 aliphatic rings. The number of nitrogens with two attached hydrogens (primary N) is 1. The highest BCUT2D eigenvalue weighted by Crippen LogP contribution is 2.34. The van der Waals surface area contributed by atoms with Gasteiger partial charge in [-0.1, -0.05) is 11.3 Å². The van der Waals surface area contributed by atoms with Gasteiger partial charge >= 0.3 is 0 Å². The van der Waals surface area contributed by atoms with Crippen molar-refractivity contribution in [2.24, 2.45) is 0 Å². The second kappa shape index (κ2) is 4.74. The molecule has 0 saturated carbocycles. The molecule has 0 amide bonds. The predicted molar refractivity (Wildman–Crippen MR) is 76.3 cm³/mol. The lowest BCUT2D eigenvalue weighted by Gasteiger charge is -2.22. The maximum Gasteiger partial charge on any atom is 0.186 e. The molecule has 1 saturated heterocycles. The Morgan fingerprint density at radius 2 is 2.44 bits per heavy atom. The Morgan fingerprint density at radius 1 is 1.56 bits per heavy atom. The average molecular weight is 263 g/mol. The van der Waals surface area contributed by atoms with Crippen LogP contribution in [-0.4, -0.2) is 31.3 Å². The summed E-state index contributed by atoms with van der Waals surface area (Å²) in [4.78, 5) is 7.07. The Hall–Kier alpha value is -1.33. The van der Waals surface area contributed by atoms with Gasteiger partial charge in [0.05, 0.1) is 22.9 Å². The Morgan fingerprint density at radius 3 is 3.28 bits per heavy atom. The number of ether oxygens (including phenoxy) is 1. The van der Waals surface area contributed by atoms with Crippen LogP contribution in [0.1, 0.15) is 12.8 Å². The van der Waals surface area contributed by atoms with Crippen LogP contribution in [0, 0.1) is 0 Å². The van der Waals surface area contributed by atoms with Crippen molar-refractivity contribution in [3.63, 3.8) is 0 Å². The summed E-state index contributed by atoms with van der Waals surface area (Å²) in [6, 6.07) is 6.36. The smallest absolute Gasteiger partial charge is 0.186 e. The minimum absolute atomic E-state index is 0.466. The van der Waals surface area contributed by atoms with E-state index >= 15 is 0 Å². The van der Waals surface area contributed by atoms with Crippen molar-refractivity contribution in [3.05, 3.63) is 18.2 Å². The van der Waals surface area contributed by atoms with Crippen LogP contribution in [-0.2, 0) is 4.74 Å². The van der Waals surface area contributed by atoms with Crippen molar-refractivity contribution >= 4 is 32.4 Å². The van der Waals surface area contributed by atoms with Crippen LogP contribution in [0.4, 0.5) is 10.8 Å². The maximum absolute atomic E-state index is 5.81. The molecule has 2 N–H and O–H groups in total. The summed E-state index contributed by atoms with van der Waals surface area (Å²) in [5.41, 5.74) is 7.64. The fourth-order valence-corrected chi connectivity index (χ4v) is 3.62. The molecule has 2 aromatic rings. The summed E-state index contributed by atoms with van der Waals surface area (Å²) in [6.07, 6.45) is 2.40. The van der Waals surface area contributed by atoms with Gasteiger partial charge < -0.3 is 15.4 Å². The SMILES string of the molecule is COCC1CCCN1c1nc2ccc(N)cc2s1. The molecule has 96 valence electrons. The van der Waals surface area contributed by atoms with E-state index in [9.17, 15) is 0 Å². The highest BCUT2D eigenvalue weighted by atomic mass is 32.1. The highest BCUT2D eigenvalue weighted by Gasteiger charge is 2.26. The van der Waals surface area contributed by atoms with Crippen molar-refractivity contribution in [1.29, 1.82) is 0 Å². The Labute approximate surface area is 110 Å². The Bertz CT molecular complexity index is 554. The third-order valence-corrected chi connectivity index (χ3v) is 4.44. The first-order valence-corrected chi connectivity index (χ1v) is 7.01. The number of nitrogen functional groups attached to an aromatic ring is 1. The van der Waals surface area contributed by atoms with Crippen LogP contribution in [0.5, 0.6) is 0 Å². The van der Waals surface area contributed by atoms with E-state index in [0.29, 0.717) is 6.04 Å². The topological polar surface area (TPSA) is 51.4 Å². The minimum Gasteiger partial charge on any atom is -0.399 e. The van der Waals surface area contributed by atoms with E-state index in [-0.39, 0.29) is 0 Å². The van der Waals surface area contributed by atoms with Gasteiger partial charge in [0.15, 0.2) is 5.13 Å². The summed E-state index contributed by atoms with van der Waals surface area (Å²) >= 11 is 1.72. The van der Waals surface area contributed by atoms with Crippen molar-refractivity contribution in [1.82, 2.24) is 4.98 Å². The molecule has 0 spiro atoms. The number of hydrogen-bond donors (Lipinski definition) is 1. The van der Waals surface area contributed by atoms with Crippen LogP contribution in [0.2, 0.25) is 0 Å². The molecular weight excluding hydrogens is 246 g/mol. The molecule has 3 rings (SSSR count). The van der Waals surface area contributed by atoms with Gasteiger partial charge in [-0.3, -0.25) is 0 Å². The van der Waals surface area contributed by atoms with E-state index in [1.165, 1.54) is 12.8 Å². The van der Waals surface area contributed by atoms with E-state index in [4.69, 9.17) is 15.5 Å². The standard InChI is InChI=1S/C13H17N3OS/c1-17-8-10-3-2-6-16(10)13-15-11-5-4-9(14)7-12(11)18-13/h4-5,7,10H,2-3,6,8,14H2,1H3. The number of fused-ring (bicyclic) bond motifs is 1. The normalized spacial score (nSPS) is 19.8. The van der Waals surface area contributed by atoms with Gasteiger partial charge in [0, 0.05) is 19.3 Å². The number of methoxy groups -OCH3 is 1. The van der Waals surface area contributed by atoms with Crippen LogP contribution in [0.3, 0.4) is 0 Å². The first-order chi connectivity index (χ1) is 8.78. The van der Waals surface area contributed by atoms with E-state index in [2.05, 4.69) is 4.90 Å². The van der Waals surface area contributed by atoms with E-state index in [1.807, 2.05) is 18.2 Å². The molecule has 1 atom stereocenters. The number of rotatable bonds is 3. The lowest BCUT2D eigenvalue weighted by molar-refractivity contribution is 0.181. The summed E-state index contributed by atoms with van der Waals surface area (Å²) in [5, 5.41) is 1.09. The van der Waals surface area contributed by atoms with E-state index < -0.39 is 0 Å². The number of nitrogens with zero attached hydrogens (tertiary/aromatic N) is 2. The first kappa shape index (κ1) is 11.7. The van der Waals surface area contributed by atoms with Crippen molar-refractivity contribution in [2.45, 2.75) is 18.9 Å². The maximum atomic E-state index is 5.81. The molecule has 0 radical (unpaired) electrons. The number of thiazole rings is 1. The number of benzene rings is 1. The van der Waals surface area contributed by atoms with E-state index in [1.54, 1.807) is 18.4 Å². The van der Waals surface area contributed by atoms with Crippen molar-refractivity contribution < 1.29 is 4.74 Å². The molecule has 1 aromatic heterocycles. The van der Waals surface area contributed by atoms with E-state index in [0.717, 1.165) is 34.2 Å². The zero-order valence-electron chi connectivity index (χ0n) is 10.4. The lowest BCUT2D eigenvalue weighted by atomic mass is 10.2. The second-order valence-corrected chi connectivity index (χ2v) is 5.68. The Kier molecular flexibility index (Phi) is 3.09. The van der Waals surface area contributed by atoms with Gasteiger partial charge in [-0.2, -0.15) is 0 Å². The van der Waals surface area contributed by atoms with Crippen LogP contribution in [0.15, 0.2) is 18.2 Å². The summed E-state index contributed by atoms with van der Waals surface area (Å²) < 4.78 is 6.45. The molecule has 1 aromatic carbocycles. The molecule has 18 heavy (non-hydrogen) atoms. The Balaban J connectivity index is 1.93. The first-order valence-electron chi connectivity index (χ1n) is 6.19. The molecule has 5 heteroatoms. The van der Waals surface area contributed by atoms with Gasteiger partial charge in [-0.15, -0.1) is 0 Å². The molecule has 0 bridgehead atoms. The third kappa shape index (κ3) is 2.04. The highest BCUT2D eigenvalue weighted by molar-refractivity contribution is 7.22. The van der Waals surface area contributed by atoms with Crippen LogP contribution in [0.25, 0.3) is 10.2 Å². The molecule has 1 fully saturated rings. The van der Waals surface area contributed by atoms with Gasteiger partial charge in [-0.25, -0.2) is 4.98 Å². The van der Waals surface area contributed by atoms with Gasteiger partial charge in [0.25, 0.3) is 0 Å². The fraction of sp³-hybridized carbons (Fsp3) is 0.462. The van der Waals surface area contributed by atoms with Gasteiger partial charge in [-0.05, 0) is 31.0 Å². The molecule has 4 nitrogen and oxygen atoms in total. The second-order valence-electron chi connectivity index (χ2n) is 4.67. The molecule has 0 aliphatic carbocycles. The zero-order valence-corrected chi connectivity index (χ0v) is 11.2. The van der Waals surface area contributed by atoms with Crippen LogP contribution >= 0.6 is 11.3 Å². The number of anilines is 2. The molecule has 1 aliphatic heterocycles. The minimum atomic E-state index is 0.466. The fourth-order valence-electron chi connectivity index (χ4n) is 2.51. The summed E-state index contributed by atoms with van der Waals surface area (Å²) in [6.45, 7) is 1.85. The van der Waals surface area contributed by atoms with Gasteiger partial charge in [0.2, 0.25) is 0 Å². The van der Waals surface area contributed by atoms with Crippen molar-refractivity contribution in [2.75, 3.05) is 30.9 Å². The average Bonchev–Trinajstić information content (AvgIpc) is 2.94. The van der Waals surface area contributed by atoms with Crippen molar-refractivity contribution in [3.8, 4) is 0 Å². The zero-order chi connectivity index (χ0) is 12.5. The summed E-state index contributed by atoms with van der Waals surface area (Å²) in [7, 11) is 1.76. The predicted octanol–water partition coefficient (Wildman–Crippen LogP) is 2.49. The number of hydrogen-bond acceptors (Lipinski definition) is 5. The monoisotopic (exact) mass is 263 g/mol. The largest absolute Gasteiger partial charge is 0.399 e. The number of aromatic nitrogens is 1. The summed E-state index contributed by atoms with van der Waals surface area (Å²) in [5.74, 6) is 0. The quantitative estimate of drug-likeness (QED) is 0.864. The molecule has 2 heterocycles. The molecule has 1 unspecified atom stereocenters. The van der Waals surface area contributed by atoms with Gasteiger partial charge in [0.1, 0.15) is 0 Å².